The molecule has 0 aliphatic heterocycles. The number of hydrogen-bond acceptors (Lipinski definition) is 2. The van der Waals surface area contributed by atoms with Crippen LogP contribution in [0.4, 0.5) is 13.2 Å². The van der Waals surface area contributed by atoms with Gasteiger partial charge in [-0.25, -0.2) is 13.2 Å². The van der Waals surface area contributed by atoms with Gasteiger partial charge in [0.25, 0.3) is 5.91 Å². The van der Waals surface area contributed by atoms with E-state index in [0.29, 0.717) is 0 Å². The summed E-state index contributed by atoms with van der Waals surface area (Å²) >= 11 is 0. The number of alkyl halides is 3. The standard InChI is InChI=1S/C9H9F3N2O/c10-1-5-4-14-8(9(13)15)7(3-12)6(5)2-11/h4H,1-3H2,(H2,13,15). The molecule has 3 nitrogen and oxygen atoms in total. The molecule has 1 amide bonds. The summed E-state index contributed by atoms with van der Waals surface area (Å²) in [6, 6.07) is 0. The molecule has 0 atom stereocenters. The summed E-state index contributed by atoms with van der Waals surface area (Å²) in [7, 11) is 0. The van der Waals surface area contributed by atoms with Crippen LogP contribution in [0.25, 0.3) is 0 Å². The lowest BCUT2D eigenvalue weighted by Gasteiger charge is -2.09. The molecule has 2 N–H and O–H groups in total. The highest BCUT2D eigenvalue weighted by molar-refractivity contribution is 5.92. The van der Waals surface area contributed by atoms with Crippen molar-refractivity contribution >= 4 is 5.91 Å². The van der Waals surface area contributed by atoms with E-state index in [-0.39, 0.29) is 22.4 Å². The third-order valence-electron chi connectivity index (χ3n) is 2.03. The number of carbonyl (C=O) groups excluding carboxylic acids is 1. The molecule has 0 fully saturated rings. The van der Waals surface area contributed by atoms with Gasteiger partial charge in [0.05, 0.1) is 0 Å². The number of halogens is 3. The second kappa shape index (κ2) is 4.77. The van der Waals surface area contributed by atoms with Crippen molar-refractivity contribution in [2.75, 3.05) is 0 Å². The van der Waals surface area contributed by atoms with E-state index in [1.807, 2.05) is 0 Å². The molecule has 6 heteroatoms. The van der Waals surface area contributed by atoms with Crippen molar-refractivity contribution in [2.45, 2.75) is 20.0 Å². The summed E-state index contributed by atoms with van der Waals surface area (Å²) in [5, 5.41) is 0. The molecule has 1 rings (SSSR count). The molecular formula is C9H9F3N2O. The van der Waals surface area contributed by atoms with Crippen LogP contribution in [0.3, 0.4) is 0 Å². The van der Waals surface area contributed by atoms with Crippen LogP contribution in [-0.4, -0.2) is 10.9 Å². The largest absolute Gasteiger partial charge is 0.364 e. The van der Waals surface area contributed by atoms with E-state index in [4.69, 9.17) is 5.73 Å². The number of rotatable bonds is 4. The van der Waals surface area contributed by atoms with Crippen LogP contribution in [0.15, 0.2) is 6.20 Å². The van der Waals surface area contributed by atoms with Gasteiger partial charge in [0.2, 0.25) is 0 Å². The fourth-order valence-electron chi connectivity index (χ4n) is 1.27. The third kappa shape index (κ3) is 2.08. The van der Waals surface area contributed by atoms with Gasteiger partial charge in [-0.2, -0.15) is 0 Å². The second-order valence-corrected chi connectivity index (χ2v) is 2.85. The summed E-state index contributed by atoms with van der Waals surface area (Å²) in [5.41, 5.74) is 4.08. The molecule has 82 valence electrons. The molecule has 0 saturated heterocycles. The zero-order valence-electron chi connectivity index (χ0n) is 7.77. The van der Waals surface area contributed by atoms with Gasteiger partial charge < -0.3 is 5.73 Å². The predicted octanol–water partition coefficient (Wildman–Crippen LogP) is 1.59. The van der Waals surface area contributed by atoms with E-state index >= 15 is 0 Å². The molecule has 0 radical (unpaired) electrons. The van der Waals surface area contributed by atoms with Gasteiger partial charge in [-0.05, 0) is 5.56 Å². The van der Waals surface area contributed by atoms with E-state index in [0.717, 1.165) is 6.20 Å². The van der Waals surface area contributed by atoms with Crippen molar-refractivity contribution in [1.82, 2.24) is 4.98 Å². The quantitative estimate of drug-likeness (QED) is 0.834. The van der Waals surface area contributed by atoms with Crippen molar-refractivity contribution < 1.29 is 18.0 Å². The molecular weight excluding hydrogens is 209 g/mol. The molecule has 0 spiro atoms. The minimum absolute atomic E-state index is 0.0600. The van der Waals surface area contributed by atoms with Gasteiger partial charge in [0.1, 0.15) is 25.7 Å². The summed E-state index contributed by atoms with van der Waals surface area (Å²) < 4.78 is 37.5. The van der Waals surface area contributed by atoms with Crippen molar-refractivity contribution in [3.63, 3.8) is 0 Å². The van der Waals surface area contributed by atoms with Crippen LogP contribution < -0.4 is 5.73 Å². The fraction of sp³-hybridized carbons (Fsp3) is 0.333. The average molecular weight is 218 g/mol. The molecule has 0 aliphatic rings. The number of nitrogens with zero attached hydrogens (tertiary/aromatic N) is 1. The van der Waals surface area contributed by atoms with Gasteiger partial charge in [-0.3, -0.25) is 9.78 Å². The molecule has 1 heterocycles. The van der Waals surface area contributed by atoms with Crippen molar-refractivity contribution in [2.24, 2.45) is 5.73 Å². The molecule has 15 heavy (non-hydrogen) atoms. The number of amides is 1. The van der Waals surface area contributed by atoms with E-state index in [9.17, 15) is 18.0 Å². The van der Waals surface area contributed by atoms with E-state index in [1.54, 1.807) is 0 Å². The first-order valence-electron chi connectivity index (χ1n) is 4.13. The molecule has 0 unspecified atom stereocenters. The van der Waals surface area contributed by atoms with Gasteiger partial charge in [0.15, 0.2) is 0 Å². The Labute approximate surface area is 84.1 Å². The van der Waals surface area contributed by atoms with Gasteiger partial charge in [0, 0.05) is 17.3 Å². The highest BCUT2D eigenvalue weighted by Crippen LogP contribution is 2.20. The lowest BCUT2D eigenvalue weighted by atomic mass is 10.0. The maximum absolute atomic E-state index is 12.6. The minimum atomic E-state index is -1.10. The second-order valence-electron chi connectivity index (χ2n) is 2.85. The van der Waals surface area contributed by atoms with Gasteiger partial charge in [-0.15, -0.1) is 0 Å². The summed E-state index contributed by atoms with van der Waals surface area (Å²) in [5.74, 6) is -0.956. The normalized spacial score (nSPS) is 10.3. The average Bonchev–Trinajstić information content (AvgIpc) is 2.26. The van der Waals surface area contributed by atoms with Crippen molar-refractivity contribution in [1.29, 1.82) is 0 Å². The molecule has 0 bridgehead atoms. The first-order valence-corrected chi connectivity index (χ1v) is 4.13. The summed E-state index contributed by atoms with van der Waals surface area (Å²) in [4.78, 5) is 14.3. The van der Waals surface area contributed by atoms with Crippen LogP contribution >= 0.6 is 0 Å². The Hall–Kier alpha value is -1.59. The molecule has 0 aromatic carbocycles. The van der Waals surface area contributed by atoms with Crippen LogP contribution in [0.5, 0.6) is 0 Å². The maximum atomic E-state index is 12.6. The summed E-state index contributed by atoms with van der Waals surface area (Å²) in [6.07, 6.45) is 0.994. The summed E-state index contributed by atoms with van der Waals surface area (Å²) in [6.45, 7) is -3.11. The number of primary amides is 1. The Bertz CT molecular complexity index is 382. The van der Waals surface area contributed by atoms with Gasteiger partial charge in [-0.1, -0.05) is 0 Å². The zero-order chi connectivity index (χ0) is 11.4. The van der Waals surface area contributed by atoms with E-state index in [2.05, 4.69) is 4.98 Å². The monoisotopic (exact) mass is 218 g/mol. The zero-order valence-corrected chi connectivity index (χ0v) is 7.77. The number of aromatic nitrogens is 1. The first-order chi connectivity index (χ1) is 7.15. The van der Waals surface area contributed by atoms with Crippen LogP contribution in [0.2, 0.25) is 0 Å². The SMILES string of the molecule is NC(=O)c1ncc(CF)c(CF)c1CF. The Morgan fingerprint density at radius 3 is 2.20 bits per heavy atom. The molecule has 0 aliphatic carbocycles. The smallest absolute Gasteiger partial charge is 0.267 e. The van der Waals surface area contributed by atoms with Crippen LogP contribution in [0, 0.1) is 0 Å². The molecule has 1 aromatic rings. The lowest BCUT2D eigenvalue weighted by Crippen LogP contribution is -2.17. The molecule has 1 aromatic heterocycles. The van der Waals surface area contributed by atoms with Crippen LogP contribution in [0.1, 0.15) is 27.2 Å². The maximum Gasteiger partial charge on any atom is 0.267 e. The predicted molar refractivity (Wildman–Crippen MR) is 47.2 cm³/mol. The highest BCUT2D eigenvalue weighted by atomic mass is 19.1. The number of pyridine rings is 1. The highest BCUT2D eigenvalue weighted by Gasteiger charge is 2.17. The Morgan fingerprint density at radius 1 is 1.20 bits per heavy atom. The lowest BCUT2D eigenvalue weighted by molar-refractivity contribution is 0.0993. The van der Waals surface area contributed by atoms with E-state index in [1.165, 1.54) is 0 Å². The number of carbonyl (C=O) groups is 1. The van der Waals surface area contributed by atoms with E-state index < -0.39 is 25.9 Å². The molecule has 0 saturated carbocycles. The first kappa shape index (κ1) is 11.5. The van der Waals surface area contributed by atoms with Crippen molar-refractivity contribution in [3.05, 3.63) is 28.6 Å². The fourth-order valence-corrected chi connectivity index (χ4v) is 1.27. The Kier molecular flexibility index (Phi) is 3.65. The number of nitrogens with two attached hydrogens (primary N) is 1. The number of hydrogen-bond donors (Lipinski definition) is 1. The Morgan fingerprint density at radius 2 is 1.80 bits per heavy atom. The topological polar surface area (TPSA) is 56.0 Å². The third-order valence-corrected chi connectivity index (χ3v) is 2.03. The Balaban J connectivity index is 3.40. The van der Waals surface area contributed by atoms with Gasteiger partial charge >= 0.3 is 0 Å². The van der Waals surface area contributed by atoms with Crippen molar-refractivity contribution in [3.8, 4) is 0 Å². The minimum Gasteiger partial charge on any atom is -0.364 e. The van der Waals surface area contributed by atoms with Crippen LogP contribution in [-0.2, 0) is 20.0 Å².